The number of hydrogen-bond donors (Lipinski definition) is 2. The van der Waals surface area contributed by atoms with Crippen LogP contribution >= 0.6 is 0 Å². The number of nitrogens with one attached hydrogen (secondary N) is 1. The lowest BCUT2D eigenvalue weighted by Gasteiger charge is -2.31. The molecule has 10 heteroatoms. The molecule has 1 amide bonds. The molecule has 2 aromatic carbocycles. The Bertz CT molecular complexity index is 1270. The summed E-state index contributed by atoms with van der Waals surface area (Å²) in [5, 5.41) is 14.6. The van der Waals surface area contributed by atoms with Gasteiger partial charge in [0.25, 0.3) is 0 Å². The van der Waals surface area contributed by atoms with Crippen LogP contribution in [0, 0.1) is 29.6 Å². The summed E-state index contributed by atoms with van der Waals surface area (Å²) in [7, 11) is -2.38. The largest absolute Gasteiger partial charge is 0.497 e. The lowest BCUT2D eigenvalue weighted by molar-refractivity contribution is -0.165. The molecule has 0 aromatic heterocycles. The van der Waals surface area contributed by atoms with Crippen LogP contribution in [0.25, 0.3) is 0 Å². The van der Waals surface area contributed by atoms with Crippen LogP contribution in [0.15, 0.2) is 59.5 Å². The Morgan fingerprint density at radius 3 is 2.44 bits per heavy atom. The van der Waals surface area contributed by atoms with E-state index in [1.807, 2.05) is 44.2 Å². The zero-order chi connectivity index (χ0) is 29.1. The second kappa shape index (κ2) is 12.8. The molecule has 2 N–H and O–H groups in total. The molecular weight excluding hydrogens is 544 g/mol. The maximum atomic E-state index is 13.7. The number of sulfonamides is 1. The van der Waals surface area contributed by atoms with Crippen LogP contribution in [0.2, 0.25) is 0 Å². The summed E-state index contributed by atoms with van der Waals surface area (Å²) >= 11 is 0. The molecule has 0 spiro atoms. The number of rotatable bonds is 13. The second-order valence-corrected chi connectivity index (χ2v) is 14.0. The molecule has 2 unspecified atom stereocenters. The van der Waals surface area contributed by atoms with Crippen molar-refractivity contribution < 1.29 is 32.5 Å². The van der Waals surface area contributed by atoms with Crippen LogP contribution in [-0.2, 0) is 30.7 Å². The topological polar surface area (TPSA) is 114 Å². The molecular formula is C31H42N2O7S. The number of carbonyl (C=O) groups is 1. The first kappa shape index (κ1) is 30.0. The SMILES string of the molecule is COc1ccc(S(=O)(=O)N(CC(C)C)C[C@@H](O)[C@H](Cc2ccccc2)NC(=O)C[C@H]2C3CO[C@H]4OC[C@@H]2C4C3)cc1. The highest BCUT2D eigenvalue weighted by atomic mass is 32.2. The van der Waals surface area contributed by atoms with Gasteiger partial charge in [-0.05, 0) is 66.3 Å². The molecule has 3 aliphatic rings. The van der Waals surface area contributed by atoms with E-state index in [0.29, 0.717) is 49.6 Å². The van der Waals surface area contributed by atoms with E-state index < -0.39 is 22.2 Å². The molecule has 2 saturated heterocycles. The van der Waals surface area contributed by atoms with E-state index in [4.69, 9.17) is 14.2 Å². The molecule has 2 aromatic rings. The van der Waals surface area contributed by atoms with Gasteiger partial charge in [-0.3, -0.25) is 4.79 Å². The van der Waals surface area contributed by atoms with Gasteiger partial charge in [0.15, 0.2) is 6.29 Å². The molecule has 224 valence electrons. The summed E-state index contributed by atoms with van der Waals surface area (Å²) in [5.41, 5.74) is 0.947. The minimum Gasteiger partial charge on any atom is -0.497 e. The highest BCUT2D eigenvalue weighted by Gasteiger charge is 2.54. The predicted molar refractivity (Wildman–Crippen MR) is 154 cm³/mol. The Kier molecular flexibility index (Phi) is 9.35. The smallest absolute Gasteiger partial charge is 0.243 e. The van der Waals surface area contributed by atoms with E-state index in [2.05, 4.69) is 5.32 Å². The summed E-state index contributed by atoms with van der Waals surface area (Å²) in [6, 6.07) is 15.2. The van der Waals surface area contributed by atoms with E-state index in [0.717, 1.165) is 12.0 Å². The third-order valence-electron chi connectivity index (χ3n) is 8.74. The molecule has 5 rings (SSSR count). The normalized spacial score (nSPS) is 26.7. The second-order valence-electron chi connectivity index (χ2n) is 12.0. The van der Waals surface area contributed by atoms with Crippen molar-refractivity contribution >= 4 is 15.9 Å². The average molecular weight is 587 g/mol. The number of hydrogen-bond acceptors (Lipinski definition) is 7. The summed E-state index contributed by atoms with van der Waals surface area (Å²) in [6.07, 6.45) is 0.466. The van der Waals surface area contributed by atoms with E-state index >= 15 is 0 Å². The summed E-state index contributed by atoms with van der Waals surface area (Å²) in [4.78, 5) is 13.6. The van der Waals surface area contributed by atoms with Gasteiger partial charge in [-0.2, -0.15) is 4.31 Å². The van der Waals surface area contributed by atoms with Crippen molar-refractivity contribution in [2.24, 2.45) is 29.6 Å². The van der Waals surface area contributed by atoms with Gasteiger partial charge in [0.1, 0.15) is 5.75 Å². The maximum absolute atomic E-state index is 13.7. The number of fused-ring (bicyclic) bond motifs is 1. The molecule has 9 nitrogen and oxygen atoms in total. The highest BCUT2D eigenvalue weighted by molar-refractivity contribution is 7.89. The maximum Gasteiger partial charge on any atom is 0.243 e. The van der Waals surface area contributed by atoms with Crippen molar-refractivity contribution in [1.82, 2.24) is 9.62 Å². The van der Waals surface area contributed by atoms with Crippen molar-refractivity contribution in [2.75, 3.05) is 33.4 Å². The van der Waals surface area contributed by atoms with Gasteiger partial charge in [-0.25, -0.2) is 8.42 Å². The number of ether oxygens (including phenoxy) is 3. The van der Waals surface area contributed by atoms with Crippen LogP contribution in [0.1, 0.15) is 32.3 Å². The van der Waals surface area contributed by atoms with Crippen LogP contribution in [0.5, 0.6) is 5.75 Å². The first-order valence-corrected chi connectivity index (χ1v) is 16.0. The Labute approximate surface area is 243 Å². The van der Waals surface area contributed by atoms with Gasteiger partial charge in [-0.1, -0.05) is 44.2 Å². The monoisotopic (exact) mass is 586 g/mol. The zero-order valence-corrected chi connectivity index (χ0v) is 24.8. The molecule has 2 heterocycles. The Balaban J connectivity index is 1.33. The van der Waals surface area contributed by atoms with Crippen LogP contribution in [0.3, 0.4) is 0 Å². The molecule has 2 aliphatic heterocycles. The first-order chi connectivity index (χ1) is 19.7. The van der Waals surface area contributed by atoms with Gasteiger partial charge in [0, 0.05) is 25.4 Å². The third kappa shape index (κ3) is 6.78. The summed E-state index contributed by atoms with van der Waals surface area (Å²) in [5.74, 6) is 1.62. The summed E-state index contributed by atoms with van der Waals surface area (Å²) < 4.78 is 45.5. The highest BCUT2D eigenvalue weighted by Crippen LogP contribution is 2.52. The molecule has 2 bridgehead atoms. The number of aliphatic hydroxyl groups is 1. The molecule has 1 saturated carbocycles. The van der Waals surface area contributed by atoms with Gasteiger partial charge in [0.2, 0.25) is 15.9 Å². The fourth-order valence-corrected chi connectivity index (χ4v) is 8.32. The zero-order valence-electron chi connectivity index (χ0n) is 24.0. The van der Waals surface area contributed by atoms with E-state index in [1.54, 1.807) is 12.1 Å². The summed E-state index contributed by atoms with van der Waals surface area (Å²) in [6.45, 7) is 5.18. The van der Waals surface area contributed by atoms with Crippen molar-refractivity contribution in [1.29, 1.82) is 0 Å². The molecule has 3 fully saturated rings. The standard InChI is InChI=1S/C31H42N2O7S/c1-20(2)16-33(41(36,37)24-11-9-23(38-3)10-12-24)17-29(34)28(13-21-7-5-4-6-8-21)32-30(35)15-25-22-14-26-27(25)19-40-31(26)39-18-22/h4-12,20,22,25-29,31,34H,13-19H2,1-3H3,(H,32,35)/t22?,25-,26?,27-,28-,29+,31-/m0/s1. The van der Waals surface area contributed by atoms with Crippen molar-refractivity contribution in [2.45, 2.75) is 56.4 Å². The van der Waals surface area contributed by atoms with E-state index in [1.165, 1.54) is 23.5 Å². The van der Waals surface area contributed by atoms with Gasteiger partial charge < -0.3 is 24.6 Å². The van der Waals surface area contributed by atoms with E-state index in [-0.39, 0.29) is 42.0 Å². The van der Waals surface area contributed by atoms with Gasteiger partial charge >= 0.3 is 0 Å². The number of amides is 1. The number of nitrogens with zero attached hydrogens (tertiary/aromatic N) is 1. The minimum atomic E-state index is -3.91. The molecule has 0 radical (unpaired) electrons. The molecule has 1 aliphatic carbocycles. The van der Waals surface area contributed by atoms with Gasteiger partial charge in [-0.15, -0.1) is 0 Å². The quantitative estimate of drug-likeness (QED) is 0.371. The number of benzene rings is 2. The third-order valence-corrected chi connectivity index (χ3v) is 10.6. The fraction of sp³-hybridized carbons (Fsp3) is 0.581. The van der Waals surface area contributed by atoms with Gasteiger partial charge in [0.05, 0.1) is 37.4 Å². The average Bonchev–Trinajstić information content (AvgIpc) is 3.49. The molecule has 41 heavy (non-hydrogen) atoms. The molecule has 7 atom stereocenters. The first-order valence-electron chi connectivity index (χ1n) is 14.5. The Hall–Kier alpha value is -2.50. The Morgan fingerprint density at radius 1 is 1.05 bits per heavy atom. The van der Waals surface area contributed by atoms with Crippen molar-refractivity contribution in [3.63, 3.8) is 0 Å². The number of methoxy groups -OCH3 is 1. The van der Waals surface area contributed by atoms with Crippen LogP contribution in [-0.4, -0.2) is 75.6 Å². The van der Waals surface area contributed by atoms with Crippen molar-refractivity contribution in [3.05, 3.63) is 60.2 Å². The fourth-order valence-electron chi connectivity index (χ4n) is 6.70. The van der Waals surface area contributed by atoms with Crippen LogP contribution in [0.4, 0.5) is 0 Å². The number of carbonyl (C=O) groups excluding carboxylic acids is 1. The van der Waals surface area contributed by atoms with E-state index in [9.17, 15) is 18.3 Å². The lowest BCUT2D eigenvalue weighted by Crippen LogP contribution is -2.51. The van der Waals surface area contributed by atoms with Crippen molar-refractivity contribution in [3.8, 4) is 5.75 Å². The minimum absolute atomic E-state index is 0.0267. The number of aliphatic hydroxyl groups excluding tert-OH is 1. The predicted octanol–water partition coefficient (Wildman–Crippen LogP) is 3.08. The Morgan fingerprint density at radius 2 is 1.76 bits per heavy atom. The van der Waals surface area contributed by atoms with Crippen LogP contribution < -0.4 is 10.1 Å². The lowest BCUT2D eigenvalue weighted by atomic mass is 9.86.